The number of ether oxygens (including phenoxy) is 1. The van der Waals surface area contributed by atoms with Gasteiger partial charge in [-0.2, -0.15) is 0 Å². The molecule has 2 fully saturated rings. The number of nitrogens with zero attached hydrogens (tertiary/aromatic N) is 5. The van der Waals surface area contributed by atoms with Crippen LogP contribution in [0, 0.1) is 5.82 Å². The lowest BCUT2D eigenvalue weighted by Gasteiger charge is -2.33. The van der Waals surface area contributed by atoms with Gasteiger partial charge < -0.3 is 14.5 Å². The highest BCUT2D eigenvalue weighted by Crippen LogP contribution is 2.23. The van der Waals surface area contributed by atoms with E-state index in [-0.39, 0.29) is 30.3 Å². The first-order chi connectivity index (χ1) is 14.1. The molecule has 0 unspecified atom stereocenters. The molecule has 0 spiro atoms. The van der Waals surface area contributed by atoms with Crippen molar-refractivity contribution in [1.29, 1.82) is 0 Å². The van der Waals surface area contributed by atoms with Crippen LogP contribution in [0.5, 0.6) is 5.88 Å². The Morgan fingerprint density at radius 1 is 1.21 bits per heavy atom. The monoisotopic (exact) mass is 399 g/mol. The maximum Gasteiger partial charge on any atom is 0.325 e. The third-order valence-corrected chi connectivity index (χ3v) is 5.14. The molecule has 4 rings (SSSR count). The molecule has 8 nitrogen and oxygen atoms in total. The van der Waals surface area contributed by atoms with E-state index in [9.17, 15) is 14.0 Å². The Bertz CT molecular complexity index is 881. The quantitative estimate of drug-likeness (QED) is 0.768. The Morgan fingerprint density at radius 2 is 2.07 bits per heavy atom. The average molecular weight is 399 g/mol. The van der Waals surface area contributed by atoms with E-state index < -0.39 is 5.82 Å². The average Bonchev–Trinajstić information content (AvgIpc) is 3.09. The molecule has 0 aliphatic carbocycles. The smallest absolute Gasteiger partial charge is 0.325 e. The minimum atomic E-state index is -0.449. The molecule has 0 radical (unpaired) electrons. The van der Waals surface area contributed by atoms with Crippen LogP contribution in [0.15, 0.2) is 42.9 Å². The molecule has 152 valence electrons. The number of amides is 3. The van der Waals surface area contributed by atoms with Gasteiger partial charge in [-0.3, -0.25) is 9.69 Å². The molecule has 1 atom stereocenters. The van der Waals surface area contributed by atoms with Crippen LogP contribution in [0.2, 0.25) is 0 Å². The Balaban J connectivity index is 1.34. The number of halogens is 1. The number of benzene rings is 1. The van der Waals surface area contributed by atoms with Gasteiger partial charge in [0.25, 0.3) is 0 Å². The van der Waals surface area contributed by atoms with Crippen LogP contribution in [-0.4, -0.2) is 70.5 Å². The number of aromatic nitrogens is 2. The van der Waals surface area contributed by atoms with E-state index in [0.717, 1.165) is 12.8 Å². The molecule has 1 aromatic carbocycles. The fraction of sp³-hybridized carbons (Fsp3) is 0.400. The lowest BCUT2D eigenvalue weighted by molar-refractivity contribution is -0.134. The van der Waals surface area contributed by atoms with Crippen molar-refractivity contribution in [2.75, 3.05) is 37.6 Å². The minimum Gasteiger partial charge on any atom is -0.472 e. The van der Waals surface area contributed by atoms with Gasteiger partial charge in [0.1, 0.15) is 24.8 Å². The molecule has 0 saturated carbocycles. The Labute approximate surface area is 167 Å². The maximum atomic E-state index is 14.0. The molecule has 2 saturated heterocycles. The van der Waals surface area contributed by atoms with Crippen LogP contribution < -0.4 is 9.64 Å². The summed E-state index contributed by atoms with van der Waals surface area (Å²) in [6, 6.07) is 7.48. The summed E-state index contributed by atoms with van der Waals surface area (Å²) < 4.78 is 19.8. The molecular weight excluding hydrogens is 377 g/mol. The number of likely N-dealkylation sites (tertiary alicyclic amines) is 1. The van der Waals surface area contributed by atoms with Gasteiger partial charge in [0.05, 0.1) is 12.2 Å². The number of hydrogen-bond acceptors (Lipinski definition) is 5. The predicted molar refractivity (Wildman–Crippen MR) is 103 cm³/mol. The second kappa shape index (κ2) is 8.42. The molecule has 1 aromatic heterocycles. The number of anilines is 1. The van der Waals surface area contributed by atoms with Gasteiger partial charge in [0.15, 0.2) is 0 Å². The third kappa shape index (κ3) is 4.28. The molecule has 2 aliphatic heterocycles. The summed E-state index contributed by atoms with van der Waals surface area (Å²) in [6.45, 7) is 1.79. The van der Waals surface area contributed by atoms with Crippen LogP contribution in [0.4, 0.5) is 14.9 Å². The standard InChI is InChI=1S/C20H22FN5O3/c21-16-5-1-2-6-17(16)26-11-10-25(20(26)28)13-19(27)24-9-3-4-15(12-24)29-18-7-8-22-14-23-18/h1-2,5-8,14-15H,3-4,9-13H2/t15-/m0/s1. The Morgan fingerprint density at radius 3 is 2.86 bits per heavy atom. The van der Waals surface area contributed by atoms with Crippen LogP contribution >= 0.6 is 0 Å². The van der Waals surface area contributed by atoms with E-state index >= 15 is 0 Å². The van der Waals surface area contributed by atoms with Crippen molar-refractivity contribution in [1.82, 2.24) is 19.8 Å². The van der Waals surface area contributed by atoms with Crippen LogP contribution in [0.3, 0.4) is 0 Å². The lowest BCUT2D eigenvalue weighted by Crippen LogP contribution is -2.48. The van der Waals surface area contributed by atoms with Crippen molar-refractivity contribution >= 4 is 17.6 Å². The van der Waals surface area contributed by atoms with Crippen molar-refractivity contribution in [3.63, 3.8) is 0 Å². The fourth-order valence-electron chi connectivity index (χ4n) is 3.67. The SMILES string of the molecule is O=C(CN1CCN(c2ccccc2F)C1=O)N1CCC[C@H](Oc2ccncn2)C1. The Hall–Kier alpha value is -3.23. The lowest BCUT2D eigenvalue weighted by atomic mass is 10.1. The van der Waals surface area contributed by atoms with Gasteiger partial charge in [0.2, 0.25) is 11.8 Å². The zero-order valence-corrected chi connectivity index (χ0v) is 15.9. The van der Waals surface area contributed by atoms with E-state index in [4.69, 9.17) is 4.74 Å². The van der Waals surface area contributed by atoms with Crippen LogP contribution in [0.1, 0.15) is 12.8 Å². The fourth-order valence-corrected chi connectivity index (χ4v) is 3.67. The Kier molecular flexibility index (Phi) is 5.55. The van der Waals surface area contributed by atoms with E-state index in [0.29, 0.717) is 32.1 Å². The number of carbonyl (C=O) groups is 2. The van der Waals surface area contributed by atoms with Crippen molar-refractivity contribution < 1.29 is 18.7 Å². The molecule has 29 heavy (non-hydrogen) atoms. The maximum absolute atomic E-state index is 14.0. The van der Waals surface area contributed by atoms with Crippen molar-refractivity contribution in [2.24, 2.45) is 0 Å². The van der Waals surface area contributed by atoms with E-state index in [1.165, 1.54) is 22.2 Å². The van der Waals surface area contributed by atoms with Gasteiger partial charge >= 0.3 is 6.03 Å². The van der Waals surface area contributed by atoms with Crippen molar-refractivity contribution in [3.05, 3.63) is 48.7 Å². The first-order valence-corrected chi connectivity index (χ1v) is 9.63. The first kappa shape index (κ1) is 19.1. The minimum absolute atomic E-state index is 0.0238. The summed E-state index contributed by atoms with van der Waals surface area (Å²) in [6.07, 6.45) is 4.52. The summed E-state index contributed by atoms with van der Waals surface area (Å²) in [5, 5.41) is 0. The number of urea groups is 1. The highest BCUT2D eigenvalue weighted by atomic mass is 19.1. The summed E-state index contributed by atoms with van der Waals surface area (Å²) in [5.74, 6) is -0.103. The van der Waals surface area contributed by atoms with Gasteiger partial charge in [0, 0.05) is 31.9 Å². The largest absolute Gasteiger partial charge is 0.472 e. The van der Waals surface area contributed by atoms with Gasteiger partial charge in [-0.15, -0.1) is 0 Å². The summed E-state index contributed by atoms with van der Waals surface area (Å²) >= 11 is 0. The highest BCUT2D eigenvalue weighted by molar-refractivity contribution is 5.96. The zero-order valence-electron chi connectivity index (χ0n) is 15.9. The number of para-hydroxylation sites is 1. The topological polar surface area (TPSA) is 78.9 Å². The zero-order chi connectivity index (χ0) is 20.2. The summed E-state index contributed by atoms with van der Waals surface area (Å²) in [5.41, 5.74) is 0.240. The molecule has 2 aromatic rings. The van der Waals surface area contributed by atoms with E-state index in [1.807, 2.05) is 0 Å². The van der Waals surface area contributed by atoms with Crippen molar-refractivity contribution in [2.45, 2.75) is 18.9 Å². The molecule has 0 N–H and O–H groups in total. The molecule has 0 bridgehead atoms. The normalized spacial score (nSPS) is 19.6. The second-order valence-corrected chi connectivity index (χ2v) is 7.08. The molecule has 3 heterocycles. The summed E-state index contributed by atoms with van der Waals surface area (Å²) in [4.78, 5) is 37.9. The van der Waals surface area contributed by atoms with E-state index in [1.54, 1.807) is 35.4 Å². The third-order valence-electron chi connectivity index (χ3n) is 5.14. The predicted octanol–water partition coefficient (Wildman–Crippen LogP) is 1.93. The molecule has 9 heteroatoms. The first-order valence-electron chi connectivity index (χ1n) is 9.63. The molecule has 2 aliphatic rings. The van der Waals surface area contributed by atoms with Gasteiger partial charge in [-0.25, -0.2) is 19.2 Å². The number of hydrogen-bond donors (Lipinski definition) is 0. The van der Waals surface area contributed by atoms with Gasteiger partial charge in [-0.05, 0) is 25.0 Å². The van der Waals surface area contributed by atoms with E-state index in [2.05, 4.69) is 9.97 Å². The number of piperidine rings is 1. The van der Waals surface area contributed by atoms with Crippen LogP contribution in [-0.2, 0) is 4.79 Å². The molecule has 3 amide bonds. The number of carbonyl (C=O) groups excluding carboxylic acids is 2. The highest BCUT2D eigenvalue weighted by Gasteiger charge is 2.34. The number of rotatable bonds is 5. The summed E-state index contributed by atoms with van der Waals surface area (Å²) in [7, 11) is 0. The van der Waals surface area contributed by atoms with Crippen LogP contribution in [0.25, 0.3) is 0 Å². The second-order valence-electron chi connectivity index (χ2n) is 7.08. The molecular formula is C20H22FN5O3. The van der Waals surface area contributed by atoms with Gasteiger partial charge in [-0.1, -0.05) is 12.1 Å². The van der Waals surface area contributed by atoms with Crippen molar-refractivity contribution in [3.8, 4) is 5.88 Å².